The van der Waals surface area contributed by atoms with Crippen LogP contribution in [0, 0.1) is 5.82 Å². The molecular formula is C17H17FN4O4S2. The van der Waals surface area contributed by atoms with Gasteiger partial charge < -0.3 is 15.0 Å². The predicted molar refractivity (Wildman–Crippen MR) is 106 cm³/mol. The Morgan fingerprint density at radius 1 is 1.50 bits per heavy atom. The average molecular weight is 424 g/mol. The first kappa shape index (κ1) is 20.1. The van der Waals surface area contributed by atoms with E-state index in [-0.39, 0.29) is 31.1 Å². The van der Waals surface area contributed by atoms with E-state index in [9.17, 15) is 18.8 Å². The molecule has 11 heteroatoms. The van der Waals surface area contributed by atoms with E-state index in [1.807, 2.05) is 0 Å². The summed E-state index contributed by atoms with van der Waals surface area (Å²) in [7, 11) is 1.48. The number of halogens is 1. The minimum Gasteiger partial charge on any atom is -0.442 e. The van der Waals surface area contributed by atoms with Crippen molar-refractivity contribution in [2.45, 2.75) is 12.5 Å². The van der Waals surface area contributed by atoms with Crippen molar-refractivity contribution in [2.75, 3.05) is 29.9 Å². The number of hydrogen-bond acceptors (Lipinski definition) is 6. The van der Waals surface area contributed by atoms with Crippen molar-refractivity contribution in [3.05, 3.63) is 40.6 Å². The fourth-order valence-electron chi connectivity index (χ4n) is 2.70. The molecule has 0 radical (unpaired) electrons. The summed E-state index contributed by atoms with van der Waals surface area (Å²) < 4.78 is 19.8. The molecule has 1 saturated heterocycles. The standard InChI is InChI=1S/C17H17FN4O4S2/c1-21(15(23)7-14-19-4-5-28-14)13-3-2-10(6-12(13)18)22-9-11(26-17(22)25)8-20-16(24)27/h2-6,11H,7-9H2,1H3,(H2,20,24,27)/t11-/m0/s1. The van der Waals surface area contributed by atoms with E-state index in [4.69, 9.17) is 4.74 Å². The van der Waals surface area contributed by atoms with Gasteiger partial charge in [-0.1, -0.05) is 12.6 Å². The molecule has 1 aliphatic rings. The Hall–Kier alpha value is -2.66. The van der Waals surface area contributed by atoms with Crippen molar-refractivity contribution in [1.82, 2.24) is 10.3 Å². The van der Waals surface area contributed by atoms with Gasteiger partial charge in [0.1, 0.15) is 16.9 Å². The normalized spacial score (nSPS) is 16.0. The fourth-order valence-corrected chi connectivity index (χ4v) is 3.40. The van der Waals surface area contributed by atoms with Gasteiger partial charge in [-0.2, -0.15) is 0 Å². The Kier molecular flexibility index (Phi) is 6.15. The largest absolute Gasteiger partial charge is 0.442 e. The van der Waals surface area contributed by atoms with Crippen LogP contribution >= 0.6 is 24.0 Å². The number of benzene rings is 1. The summed E-state index contributed by atoms with van der Waals surface area (Å²) in [6.07, 6.45) is 0.478. The zero-order chi connectivity index (χ0) is 20.3. The highest BCUT2D eigenvalue weighted by molar-refractivity contribution is 7.96. The van der Waals surface area contributed by atoms with Crippen LogP contribution in [0.3, 0.4) is 0 Å². The van der Waals surface area contributed by atoms with Crippen molar-refractivity contribution < 1.29 is 23.5 Å². The number of nitrogens with zero attached hydrogens (tertiary/aromatic N) is 3. The highest BCUT2D eigenvalue weighted by Gasteiger charge is 2.33. The van der Waals surface area contributed by atoms with Gasteiger partial charge >= 0.3 is 6.09 Å². The molecule has 0 aliphatic carbocycles. The summed E-state index contributed by atoms with van der Waals surface area (Å²) in [5.41, 5.74) is 0.392. The lowest BCUT2D eigenvalue weighted by atomic mass is 10.2. The van der Waals surface area contributed by atoms with Crippen LogP contribution in [0.5, 0.6) is 0 Å². The number of ether oxygens (including phenoxy) is 1. The molecule has 0 unspecified atom stereocenters. The molecule has 0 saturated carbocycles. The van der Waals surface area contributed by atoms with Crippen molar-refractivity contribution in [2.24, 2.45) is 0 Å². The second-order valence-electron chi connectivity index (χ2n) is 5.99. The van der Waals surface area contributed by atoms with Gasteiger partial charge in [-0.3, -0.25) is 14.5 Å². The monoisotopic (exact) mass is 424 g/mol. The summed E-state index contributed by atoms with van der Waals surface area (Å²) in [6, 6.07) is 4.14. The number of cyclic esters (lactones) is 1. The minimum absolute atomic E-state index is 0.0757. The van der Waals surface area contributed by atoms with Crippen molar-refractivity contribution in [3.63, 3.8) is 0 Å². The second kappa shape index (κ2) is 8.57. The maximum atomic E-state index is 14.6. The zero-order valence-electron chi connectivity index (χ0n) is 14.8. The van der Waals surface area contributed by atoms with E-state index in [2.05, 4.69) is 22.9 Å². The Bertz CT molecular complexity index is 893. The number of thiazole rings is 1. The Morgan fingerprint density at radius 2 is 2.29 bits per heavy atom. The quantitative estimate of drug-likeness (QED) is 0.695. The molecule has 1 aromatic heterocycles. The first-order chi connectivity index (χ1) is 13.3. The Morgan fingerprint density at radius 3 is 2.93 bits per heavy atom. The summed E-state index contributed by atoms with van der Waals surface area (Å²) in [5.74, 6) is -0.947. The topological polar surface area (TPSA) is 91.8 Å². The van der Waals surface area contributed by atoms with E-state index >= 15 is 0 Å². The lowest BCUT2D eigenvalue weighted by Gasteiger charge is -2.20. The van der Waals surface area contributed by atoms with Crippen LogP contribution < -0.4 is 15.1 Å². The molecule has 1 atom stereocenters. The van der Waals surface area contributed by atoms with Gasteiger partial charge in [0.05, 0.1) is 30.9 Å². The third-order valence-corrected chi connectivity index (χ3v) is 5.06. The van der Waals surface area contributed by atoms with Crippen LogP contribution in [0.25, 0.3) is 0 Å². The van der Waals surface area contributed by atoms with E-state index < -0.39 is 23.3 Å². The minimum atomic E-state index is -0.646. The first-order valence-corrected chi connectivity index (χ1v) is 9.57. The van der Waals surface area contributed by atoms with Gasteiger partial charge in [0.15, 0.2) is 0 Å². The summed E-state index contributed by atoms with van der Waals surface area (Å²) in [4.78, 5) is 41.7. The van der Waals surface area contributed by atoms with Gasteiger partial charge in [-0.15, -0.1) is 11.3 Å². The maximum absolute atomic E-state index is 14.6. The zero-order valence-corrected chi connectivity index (χ0v) is 16.5. The van der Waals surface area contributed by atoms with E-state index in [0.29, 0.717) is 10.7 Å². The second-order valence-corrected chi connectivity index (χ2v) is 7.38. The van der Waals surface area contributed by atoms with Crippen LogP contribution in [0.4, 0.5) is 25.4 Å². The smallest absolute Gasteiger partial charge is 0.414 e. The van der Waals surface area contributed by atoms with Crippen molar-refractivity contribution in [3.8, 4) is 0 Å². The number of nitrogens with one attached hydrogen (secondary N) is 1. The maximum Gasteiger partial charge on any atom is 0.414 e. The number of hydrogen-bond donors (Lipinski definition) is 2. The Labute approximate surface area is 169 Å². The van der Waals surface area contributed by atoms with Crippen LogP contribution in [-0.4, -0.2) is 48.5 Å². The molecular weight excluding hydrogens is 407 g/mol. The number of amides is 3. The van der Waals surface area contributed by atoms with E-state index in [0.717, 1.165) is 0 Å². The SMILES string of the molecule is CN(C(=O)Cc1nccs1)c1ccc(N2C[C@H](CNC(=O)S)OC2=O)cc1F. The lowest BCUT2D eigenvalue weighted by molar-refractivity contribution is -0.117. The van der Waals surface area contributed by atoms with Crippen molar-refractivity contribution >= 4 is 52.6 Å². The van der Waals surface area contributed by atoms with Gasteiger partial charge in [0.25, 0.3) is 5.24 Å². The molecule has 28 heavy (non-hydrogen) atoms. The highest BCUT2D eigenvalue weighted by Crippen LogP contribution is 2.28. The fraction of sp³-hybridized carbons (Fsp3) is 0.294. The number of carbonyl (C=O) groups is 3. The third kappa shape index (κ3) is 4.60. The van der Waals surface area contributed by atoms with Gasteiger partial charge in [0.2, 0.25) is 5.91 Å². The average Bonchev–Trinajstić information content (AvgIpc) is 3.28. The molecule has 1 N–H and O–H groups in total. The van der Waals surface area contributed by atoms with E-state index in [1.165, 1.54) is 46.4 Å². The molecule has 0 spiro atoms. The third-order valence-electron chi connectivity index (χ3n) is 4.12. The molecule has 2 heterocycles. The van der Waals surface area contributed by atoms with Gasteiger partial charge in [-0.25, -0.2) is 14.2 Å². The molecule has 8 nitrogen and oxygen atoms in total. The number of carbonyl (C=O) groups excluding carboxylic acids is 3. The van der Waals surface area contributed by atoms with Crippen molar-refractivity contribution in [1.29, 1.82) is 0 Å². The number of anilines is 2. The Balaban J connectivity index is 1.69. The molecule has 3 amide bonds. The molecule has 1 fully saturated rings. The number of thiol groups is 1. The summed E-state index contributed by atoms with van der Waals surface area (Å²) in [6.45, 7) is 0.267. The lowest BCUT2D eigenvalue weighted by Crippen LogP contribution is -2.32. The number of aromatic nitrogens is 1. The van der Waals surface area contributed by atoms with Gasteiger partial charge in [-0.05, 0) is 18.2 Å². The van der Waals surface area contributed by atoms with Gasteiger partial charge in [0, 0.05) is 18.6 Å². The molecule has 3 rings (SSSR count). The molecule has 1 aromatic carbocycles. The number of rotatable bonds is 6. The van der Waals surface area contributed by atoms with Crippen LogP contribution in [-0.2, 0) is 16.0 Å². The first-order valence-electron chi connectivity index (χ1n) is 8.24. The predicted octanol–water partition coefficient (Wildman–Crippen LogP) is 2.45. The highest BCUT2D eigenvalue weighted by atomic mass is 32.1. The van der Waals surface area contributed by atoms with E-state index in [1.54, 1.807) is 11.6 Å². The van der Waals surface area contributed by atoms with Crippen LogP contribution in [0.1, 0.15) is 5.01 Å². The number of likely N-dealkylation sites (N-methyl/N-ethyl adjacent to an activating group) is 1. The summed E-state index contributed by atoms with van der Waals surface area (Å²) >= 11 is 4.94. The molecule has 2 aromatic rings. The molecule has 1 aliphatic heterocycles. The molecule has 148 valence electrons. The van der Waals surface area contributed by atoms with Crippen LogP contribution in [0.15, 0.2) is 29.8 Å². The summed E-state index contributed by atoms with van der Waals surface area (Å²) in [5, 5.41) is 4.32. The molecule has 0 bridgehead atoms. The van der Waals surface area contributed by atoms with Crippen LogP contribution in [0.2, 0.25) is 0 Å².